The van der Waals surface area contributed by atoms with E-state index < -0.39 is 19.0 Å². The number of hydrazine groups is 1. The Bertz CT molecular complexity index is 1390. The van der Waals surface area contributed by atoms with Crippen molar-refractivity contribution in [3.05, 3.63) is 121 Å². The normalized spacial score (nSPS) is 11.5. The van der Waals surface area contributed by atoms with Crippen LogP contribution in [0.2, 0.25) is 0 Å². The maximum atomic E-state index is 12.5. The lowest BCUT2D eigenvalue weighted by molar-refractivity contribution is 0.0541. The van der Waals surface area contributed by atoms with Crippen molar-refractivity contribution in [1.82, 2.24) is 10.7 Å². The lowest BCUT2D eigenvalue weighted by Crippen LogP contribution is -2.35. The van der Waals surface area contributed by atoms with E-state index in [-0.39, 0.29) is 5.91 Å². The van der Waals surface area contributed by atoms with Crippen molar-refractivity contribution in [3.63, 3.8) is 0 Å². The molecule has 2 amide bonds. The van der Waals surface area contributed by atoms with E-state index in [1.807, 2.05) is 0 Å². The van der Waals surface area contributed by atoms with Crippen LogP contribution in [0.3, 0.4) is 0 Å². The van der Waals surface area contributed by atoms with E-state index >= 15 is 0 Å². The van der Waals surface area contributed by atoms with E-state index in [9.17, 15) is 9.59 Å². The van der Waals surface area contributed by atoms with Crippen LogP contribution in [0.5, 0.6) is 0 Å². The number of hydrogen-bond donors (Lipinski definition) is 3. The fraction of sp³-hybridized carbons (Fsp3) is 0.350. The first-order valence-corrected chi connectivity index (χ1v) is 18.9. The third-order valence-corrected chi connectivity index (χ3v) is 12.7. The molecule has 6 nitrogen and oxygen atoms in total. The Kier molecular flexibility index (Phi) is 13.9. The first-order chi connectivity index (χ1) is 22.8. The summed E-state index contributed by atoms with van der Waals surface area (Å²) in [6.07, 6.45) is 10.1. The maximum absolute atomic E-state index is 12.5. The third kappa shape index (κ3) is 11.3. The number of carbonyl (C=O) groups excluding carboxylic acids is 2. The molecule has 0 radical (unpaired) electrons. The summed E-state index contributed by atoms with van der Waals surface area (Å²) < 4.78 is 5.20. The van der Waals surface area contributed by atoms with Gasteiger partial charge in [-0.3, -0.25) is 10.2 Å². The molecule has 4 aromatic rings. The molecule has 7 heteroatoms. The van der Waals surface area contributed by atoms with Crippen molar-refractivity contribution < 1.29 is 14.3 Å². The maximum Gasteiger partial charge on any atom is 0.426 e. The van der Waals surface area contributed by atoms with E-state index in [2.05, 4.69) is 107 Å². The van der Waals surface area contributed by atoms with Gasteiger partial charge in [0.15, 0.2) is 0 Å². The highest BCUT2D eigenvalue weighted by atomic mass is 31.2. The van der Waals surface area contributed by atoms with Crippen molar-refractivity contribution in [2.24, 2.45) is 0 Å². The Balaban J connectivity index is 1.13. The zero-order valence-corrected chi connectivity index (χ0v) is 29.1. The average molecular weight is 653 g/mol. The summed E-state index contributed by atoms with van der Waals surface area (Å²) in [4.78, 5) is 24.3. The van der Waals surface area contributed by atoms with Gasteiger partial charge in [-0.25, -0.2) is 10.2 Å². The van der Waals surface area contributed by atoms with Crippen molar-refractivity contribution in [2.45, 2.75) is 77.7 Å². The number of hydrogen-bond acceptors (Lipinski definition) is 4. The molecule has 0 spiro atoms. The second kappa shape index (κ2) is 18.3. The summed E-state index contributed by atoms with van der Waals surface area (Å²) in [6.45, 7) is 6.08. The van der Waals surface area contributed by atoms with Gasteiger partial charge >= 0.3 is 6.09 Å². The van der Waals surface area contributed by atoms with Gasteiger partial charge in [-0.05, 0) is 101 Å². The summed E-state index contributed by atoms with van der Waals surface area (Å²) in [5, 5.41) is 7.41. The van der Waals surface area contributed by atoms with Gasteiger partial charge in [-0.15, -0.1) is 0 Å². The van der Waals surface area contributed by atoms with Crippen LogP contribution in [0.25, 0.3) is 0 Å². The van der Waals surface area contributed by atoms with Crippen LogP contribution in [0.15, 0.2) is 115 Å². The fourth-order valence-corrected chi connectivity index (χ4v) is 10.3. The van der Waals surface area contributed by atoms with Crippen LogP contribution in [0.1, 0.15) is 82.5 Å². The number of nitrogens with one attached hydrogen (secondary N) is 3. The van der Waals surface area contributed by atoms with Gasteiger partial charge in [0.25, 0.3) is 5.91 Å². The molecule has 0 unspecified atom stereocenters. The molecule has 0 heterocycles. The van der Waals surface area contributed by atoms with Gasteiger partial charge in [0.2, 0.25) is 0 Å². The highest BCUT2D eigenvalue weighted by Gasteiger charge is 2.44. The van der Waals surface area contributed by atoms with E-state index in [1.165, 1.54) is 60.6 Å². The predicted octanol–water partition coefficient (Wildman–Crippen LogP) is 8.38. The molecular formula is C40H51N3O3P+. The molecule has 0 aliphatic rings. The largest absolute Gasteiger partial charge is 0.443 e. The van der Waals surface area contributed by atoms with Crippen LogP contribution in [-0.4, -0.2) is 30.3 Å². The molecule has 0 saturated carbocycles. The molecular weight excluding hydrogens is 601 g/mol. The monoisotopic (exact) mass is 652 g/mol. The molecule has 47 heavy (non-hydrogen) atoms. The van der Waals surface area contributed by atoms with Crippen LogP contribution < -0.4 is 32.1 Å². The molecule has 0 aromatic heterocycles. The first kappa shape index (κ1) is 35.7. The average Bonchev–Trinajstić information content (AvgIpc) is 3.08. The Morgan fingerprint density at radius 1 is 0.596 bits per heavy atom. The Hall–Kier alpha value is -4.15. The topological polar surface area (TPSA) is 79.5 Å². The molecule has 0 aliphatic carbocycles. The number of rotatable bonds is 17. The highest BCUT2D eigenvalue weighted by molar-refractivity contribution is 7.95. The number of benzene rings is 4. The number of anilines is 1. The van der Waals surface area contributed by atoms with Crippen LogP contribution >= 0.6 is 7.26 Å². The Morgan fingerprint density at radius 2 is 1.04 bits per heavy atom. The van der Waals surface area contributed by atoms with Crippen molar-refractivity contribution in [1.29, 1.82) is 0 Å². The minimum absolute atomic E-state index is 0.0860. The van der Waals surface area contributed by atoms with Gasteiger partial charge in [-0.2, -0.15) is 0 Å². The molecule has 0 saturated heterocycles. The zero-order valence-electron chi connectivity index (χ0n) is 28.2. The van der Waals surface area contributed by atoms with Gasteiger partial charge in [0, 0.05) is 12.1 Å². The Labute approximate surface area is 282 Å². The summed E-state index contributed by atoms with van der Waals surface area (Å²) in [6, 6.07) is 40.4. The lowest BCUT2D eigenvalue weighted by atomic mass is 10.1. The molecule has 248 valence electrons. The Morgan fingerprint density at radius 3 is 1.51 bits per heavy atom. The number of ether oxygens (including phenoxy) is 1. The second-order valence-electron chi connectivity index (χ2n) is 13.0. The number of unbranched alkanes of at least 4 members (excludes halogenated alkanes) is 7. The smallest absolute Gasteiger partial charge is 0.426 e. The predicted molar refractivity (Wildman–Crippen MR) is 199 cm³/mol. The number of amides is 2. The standard InChI is InChI=1S/C40H50N3O3P/c1-40(2,3)46-39(45)43-42-34-29-27-33(28-30-34)38(44)41-31-19-8-6-4-5-7-9-20-32-47(35-21-13-10-14-22-35,36-23-15-11-16-24-36)37-25-17-12-18-26-37/h10-18,21-30H,4-9,19-20,31-32H2,1-3H3,(H2-,41,42,43,44,45)/p+1. The molecule has 0 bridgehead atoms. The van der Waals surface area contributed by atoms with Crippen molar-refractivity contribution in [3.8, 4) is 0 Å². The summed E-state index contributed by atoms with van der Waals surface area (Å²) in [5.74, 6) is -0.0860. The molecule has 0 atom stereocenters. The van der Waals surface area contributed by atoms with Crippen LogP contribution in [-0.2, 0) is 4.74 Å². The van der Waals surface area contributed by atoms with Gasteiger partial charge in [0.05, 0.1) is 11.8 Å². The molecule has 3 N–H and O–H groups in total. The van der Waals surface area contributed by atoms with Gasteiger partial charge in [-0.1, -0.05) is 86.7 Å². The molecule has 0 aliphatic heterocycles. The second-order valence-corrected chi connectivity index (χ2v) is 16.6. The van der Waals surface area contributed by atoms with E-state index in [0.717, 1.165) is 12.8 Å². The summed E-state index contributed by atoms with van der Waals surface area (Å²) in [5.41, 5.74) is 5.96. The number of carbonyl (C=O) groups is 2. The molecule has 4 aromatic carbocycles. The van der Waals surface area contributed by atoms with Crippen LogP contribution in [0.4, 0.5) is 10.5 Å². The SMILES string of the molecule is CC(C)(C)OC(=O)NNc1ccc(C(=O)NCCCCCCCCCC[P+](c2ccccc2)(c2ccccc2)c2ccccc2)cc1. The van der Waals surface area contributed by atoms with E-state index in [1.54, 1.807) is 45.0 Å². The first-order valence-electron chi connectivity index (χ1n) is 17.0. The zero-order chi connectivity index (χ0) is 33.4. The minimum Gasteiger partial charge on any atom is -0.443 e. The molecule has 4 rings (SSSR count). The van der Waals surface area contributed by atoms with Gasteiger partial charge in [0.1, 0.15) is 28.8 Å². The van der Waals surface area contributed by atoms with E-state index in [4.69, 9.17) is 4.74 Å². The van der Waals surface area contributed by atoms with E-state index in [0.29, 0.717) is 17.8 Å². The van der Waals surface area contributed by atoms with Crippen molar-refractivity contribution >= 4 is 40.9 Å². The molecule has 0 fully saturated rings. The third-order valence-electron chi connectivity index (χ3n) is 8.15. The minimum atomic E-state index is -1.73. The van der Waals surface area contributed by atoms with Gasteiger partial charge < -0.3 is 10.1 Å². The highest BCUT2D eigenvalue weighted by Crippen LogP contribution is 2.56. The quantitative estimate of drug-likeness (QED) is 0.0608. The summed E-state index contributed by atoms with van der Waals surface area (Å²) in [7, 11) is -1.73. The fourth-order valence-electron chi connectivity index (χ4n) is 5.85. The van der Waals surface area contributed by atoms with Crippen molar-refractivity contribution in [2.75, 3.05) is 18.1 Å². The lowest BCUT2D eigenvalue weighted by Gasteiger charge is -2.27. The summed E-state index contributed by atoms with van der Waals surface area (Å²) >= 11 is 0. The van der Waals surface area contributed by atoms with Crippen LogP contribution in [0, 0.1) is 0 Å².